The first-order valence-corrected chi connectivity index (χ1v) is 28.5. The fourth-order valence-corrected chi connectivity index (χ4v) is 7.97. The van der Waals surface area contributed by atoms with Gasteiger partial charge in [-0.05, 0) is 89.9 Å². The van der Waals surface area contributed by atoms with Crippen LogP contribution in [0.2, 0.25) is 0 Å². The van der Waals surface area contributed by atoms with Crippen LogP contribution in [0.1, 0.15) is 278 Å². The average Bonchev–Trinajstić information content (AvgIpc) is 3.33. The zero-order chi connectivity index (χ0) is 48.6. The molecule has 67 heavy (non-hydrogen) atoms. The van der Waals surface area contributed by atoms with Crippen LogP contribution >= 0.6 is 0 Å². The van der Waals surface area contributed by atoms with Crippen molar-refractivity contribution < 1.29 is 28.6 Å². The molecule has 0 aliphatic carbocycles. The standard InChI is InChI=1S/C61H106O6/c1-4-7-10-13-16-19-22-25-28-30-33-36-39-42-45-48-51-54-60(63)66-57-58(56-65-59(62)53-50-47-44-41-38-35-32-27-24-21-18-15-12-9-6-3)67-61(64)55-52-49-46-43-40-37-34-31-29-26-23-20-17-14-11-8-5-2/h9,12,15,18,21,24-29,32,58H,4-8,10-11,13-14,16-17,19-20,22-23,30-31,33-57H2,1-3H3/b12-9-,18-15-,24-21-,28-25-,29-26-,32-27-. The van der Waals surface area contributed by atoms with Gasteiger partial charge in [0.05, 0.1) is 0 Å². The fraction of sp³-hybridized carbons (Fsp3) is 0.754. The molecule has 0 bridgehead atoms. The quantitative estimate of drug-likeness (QED) is 0.0199. The number of rotatable bonds is 51. The number of unbranched alkanes of at least 4 members (excludes halogenated alkanes) is 31. The van der Waals surface area contributed by atoms with E-state index in [2.05, 4.69) is 75.5 Å². The Balaban J connectivity index is 4.42. The smallest absolute Gasteiger partial charge is 0.306 e. The molecule has 0 aromatic carbocycles. The number of esters is 3. The molecule has 0 fully saturated rings. The van der Waals surface area contributed by atoms with Crippen LogP contribution in [0.15, 0.2) is 72.9 Å². The van der Waals surface area contributed by atoms with Crippen LogP contribution in [0.4, 0.5) is 0 Å². The summed E-state index contributed by atoms with van der Waals surface area (Å²) in [6, 6.07) is 0. The van der Waals surface area contributed by atoms with E-state index in [9.17, 15) is 14.4 Å². The number of allylic oxidation sites excluding steroid dienone is 12. The SMILES string of the molecule is CC\C=C/C=C\C=C/C=C\CCCCCCCC(=O)OCC(COC(=O)CCCCCCCCC/C=C\CCCCCCCC)OC(=O)CCCCCCCCC/C=C\CCCCCCCC. The highest BCUT2D eigenvalue weighted by Gasteiger charge is 2.19. The number of carbonyl (C=O) groups is 3. The molecule has 6 heteroatoms. The molecule has 0 rings (SSSR count). The minimum atomic E-state index is -0.789. The summed E-state index contributed by atoms with van der Waals surface area (Å²) in [6.45, 7) is 6.48. The van der Waals surface area contributed by atoms with E-state index in [1.54, 1.807) is 0 Å². The molecular formula is C61H106O6. The predicted octanol–water partition coefficient (Wildman–Crippen LogP) is 19.0. The van der Waals surface area contributed by atoms with E-state index in [4.69, 9.17) is 14.2 Å². The molecule has 0 aromatic heterocycles. The van der Waals surface area contributed by atoms with Crippen molar-refractivity contribution in [3.05, 3.63) is 72.9 Å². The van der Waals surface area contributed by atoms with E-state index in [-0.39, 0.29) is 31.1 Å². The summed E-state index contributed by atoms with van der Waals surface area (Å²) in [6.07, 6.45) is 70.3. The minimum absolute atomic E-state index is 0.0866. The van der Waals surface area contributed by atoms with Crippen molar-refractivity contribution in [2.24, 2.45) is 0 Å². The zero-order valence-corrected chi connectivity index (χ0v) is 44.2. The Bertz CT molecular complexity index is 1260. The maximum absolute atomic E-state index is 12.9. The van der Waals surface area contributed by atoms with Gasteiger partial charge in [0.1, 0.15) is 13.2 Å². The van der Waals surface area contributed by atoms with Gasteiger partial charge >= 0.3 is 17.9 Å². The Morgan fingerprint density at radius 2 is 0.597 bits per heavy atom. The van der Waals surface area contributed by atoms with Gasteiger partial charge in [-0.25, -0.2) is 0 Å². The van der Waals surface area contributed by atoms with Crippen LogP contribution in [-0.2, 0) is 28.6 Å². The molecule has 0 amide bonds. The second-order valence-electron chi connectivity index (χ2n) is 18.9. The summed E-state index contributed by atoms with van der Waals surface area (Å²) in [7, 11) is 0. The Morgan fingerprint density at radius 3 is 0.955 bits per heavy atom. The second-order valence-corrected chi connectivity index (χ2v) is 18.9. The lowest BCUT2D eigenvalue weighted by atomic mass is 10.1. The van der Waals surface area contributed by atoms with Crippen LogP contribution in [-0.4, -0.2) is 37.2 Å². The molecule has 0 aliphatic heterocycles. The molecule has 0 saturated heterocycles. The summed E-state index contributed by atoms with van der Waals surface area (Å²) in [4.78, 5) is 38.1. The van der Waals surface area contributed by atoms with Gasteiger partial charge in [-0.2, -0.15) is 0 Å². The molecule has 386 valence electrons. The van der Waals surface area contributed by atoms with Crippen molar-refractivity contribution in [3.63, 3.8) is 0 Å². The lowest BCUT2D eigenvalue weighted by Gasteiger charge is -2.18. The number of hydrogen-bond donors (Lipinski definition) is 0. The molecule has 0 heterocycles. The third kappa shape index (κ3) is 53.7. The topological polar surface area (TPSA) is 78.9 Å². The van der Waals surface area contributed by atoms with Crippen molar-refractivity contribution >= 4 is 17.9 Å². The first kappa shape index (κ1) is 63.8. The molecule has 1 unspecified atom stereocenters. The summed E-state index contributed by atoms with van der Waals surface area (Å²) in [5.41, 5.74) is 0. The van der Waals surface area contributed by atoms with Gasteiger partial charge in [-0.1, -0.05) is 241 Å². The van der Waals surface area contributed by atoms with Crippen molar-refractivity contribution in [2.75, 3.05) is 13.2 Å². The van der Waals surface area contributed by atoms with Gasteiger partial charge in [-0.3, -0.25) is 14.4 Å². The molecule has 0 spiro atoms. The van der Waals surface area contributed by atoms with Crippen LogP contribution in [0.25, 0.3) is 0 Å². The summed E-state index contributed by atoms with van der Waals surface area (Å²) in [5.74, 6) is -0.911. The lowest BCUT2D eigenvalue weighted by Crippen LogP contribution is -2.30. The maximum atomic E-state index is 12.9. The Hall–Kier alpha value is -3.15. The fourth-order valence-electron chi connectivity index (χ4n) is 7.97. The van der Waals surface area contributed by atoms with E-state index < -0.39 is 6.10 Å². The number of ether oxygens (including phenoxy) is 3. The van der Waals surface area contributed by atoms with Crippen molar-refractivity contribution in [3.8, 4) is 0 Å². The normalized spacial score (nSPS) is 12.6. The highest BCUT2D eigenvalue weighted by Crippen LogP contribution is 2.15. The van der Waals surface area contributed by atoms with Gasteiger partial charge in [0.25, 0.3) is 0 Å². The van der Waals surface area contributed by atoms with Gasteiger partial charge in [0, 0.05) is 19.3 Å². The van der Waals surface area contributed by atoms with Gasteiger partial charge in [0.15, 0.2) is 6.10 Å². The molecule has 0 saturated carbocycles. The van der Waals surface area contributed by atoms with Crippen LogP contribution in [0, 0.1) is 0 Å². The summed E-state index contributed by atoms with van der Waals surface area (Å²) in [5, 5.41) is 0. The minimum Gasteiger partial charge on any atom is -0.462 e. The van der Waals surface area contributed by atoms with Crippen molar-refractivity contribution in [1.82, 2.24) is 0 Å². The van der Waals surface area contributed by atoms with E-state index in [0.717, 1.165) is 83.5 Å². The third-order valence-electron chi connectivity index (χ3n) is 12.3. The maximum Gasteiger partial charge on any atom is 0.306 e. The van der Waals surface area contributed by atoms with Crippen molar-refractivity contribution in [1.29, 1.82) is 0 Å². The van der Waals surface area contributed by atoms with Gasteiger partial charge in [0.2, 0.25) is 0 Å². The molecule has 0 aliphatic rings. The highest BCUT2D eigenvalue weighted by molar-refractivity contribution is 5.71. The summed E-state index contributed by atoms with van der Waals surface area (Å²) < 4.78 is 16.8. The average molecular weight is 936 g/mol. The molecule has 0 aromatic rings. The first-order chi connectivity index (χ1) is 33.0. The molecule has 0 N–H and O–H groups in total. The van der Waals surface area contributed by atoms with Crippen molar-refractivity contribution in [2.45, 2.75) is 284 Å². The largest absolute Gasteiger partial charge is 0.462 e. The molecule has 0 radical (unpaired) electrons. The van der Waals surface area contributed by atoms with Gasteiger partial charge < -0.3 is 14.2 Å². The highest BCUT2D eigenvalue weighted by atomic mass is 16.6. The monoisotopic (exact) mass is 935 g/mol. The lowest BCUT2D eigenvalue weighted by molar-refractivity contribution is -0.167. The van der Waals surface area contributed by atoms with E-state index >= 15 is 0 Å². The Morgan fingerprint density at radius 1 is 0.313 bits per heavy atom. The molecule has 1 atom stereocenters. The first-order valence-electron chi connectivity index (χ1n) is 28.5. The Labute approximate surface area is 414 Å². The molecular weight excluding hydrogens is 829 g/mol. The van der Waals surface area contributed by atoms with Crippen LogP contribution < -0.4 is 0 Å². The van der Waals surface area contributed by atoms with Crippen LogP contribution in [0.3, 0.4) is 0 Å². The van der Waals surface area contributed by atoms with E-state index in [1.807, 2.05) is 18.2 Å². The predicted molar refractivity (Wildman–Crippen MR) is 288 cm³/mol. The number of carbonyl (C=O) groups excluding carboxylic acids is 3. The molecule has 6 nitrogen and oxygen atoms in total. The third-order valence-corrected chi connectivity index (χ3v) is 12.3. The second kappa shape index (κ2) is 55.4. The van der Waals surface area contributed by atoms with Gasteiger partial charge in [-0.15, -0.1) is 0 Å². The summed E-state index contributed by atoms with van der Waals surface area (Å²) >= 11 is 0. The van der Waals surface area contributed by atoms with E-state index in [0.29, 0.717) is 19.3 Å². The number of hydrogen-bond acceptors (Lipinski definition) is 6. The van der Waals surface area contributed by atoms with Crippen LogP contribution in [0.5, 0.6) is 0 Å². The zero-order valence-electron chi connectivity index (χ0n) is 44.2. The van der Waals surface area contributed by atoms with E-state index in [1.165, 1.54) is 154 Å². The Kier molecular flexibility index (Phi) is 52.8.